The van der Waals surface area contributed by atoms with Gasteiger partial charge < -0.3 is 9.30 Å². The summed E-state index contributed by atoms with van der Waals surface area (Å²) < 4.78 is 2.03. The highest BCUT2D eigenvalue weighted by molar-refractivity contribution is 7.99. The highest BCUT2D eigenvalue weighted by Crippen LogP contribution is 2.14. The summed E-state index contributed by atoms with van der Waals surface area (Å²) in [6.07, 6.45) is 7.61. The Bertz CT molecular complexity index is 831. The first-order valence-corrected chi connectivity index (χ1v) is 8.92. The Morgan fingerprint density at radius 3 is 2.96 bits per heavy atom. The van der Waals surface area contributed by atoms with Crippen LogP contribution in [0.15, 0.2) is 49.1 Å². The van der Waals surface area contributed by atoms with Crippen molar-refractivity contribution < 1.29 is 4.79 Å². The zero-order valence-corrected chi connectivity index (χ0v) is 14.7. The van der Waals surface area contributed by atoms with Crippen LogP contribution in [0.25, 0.3) is 5.65 Å². The van der Waals surface area contributed by atoms with E-state index in [4.69, 9.17) is 0 Å². The van der Waals surface area contributed by atoms with E-state index in [1.54, 1.807) is 29.1 Å². The SMILES string of the molecule is Cc1ccc2nc(CSCC(=O)N(C)Cc3cccnc3)cn2c1. The molecule has 0 aliphatic heterocycles. The number of imidazole rings is 1. The van der Waals surface area contributed by atoms with Gasteiger partial charge in [-0.3, -0.25) is 9.78 Å². The number of hydrogen-bond donors (Lipinski definition) is 0. The molecule has 0 bridgehead atoms. The van der Waals surface area contributed by atoms with Crippen molar-refractivity contribution in [2.24, 2.45) is 0 Å². The van der Waals surface area contributed by atoms with E-state index in [1.165, 1.54) is 5.56 Å². The maximum absolute atomic E-state index is 12.2. The average molecular weight is 340 g/mol. The van der Waals surface area contributed by atoms with Gasteiger partial charge in [0.1, 0.15) is 5.65 Å². The number of carbonyl (C=O) groups is 1. The van der Waals surface area contributed by atoms with Gasteiger partial charge in [-0.25, -0.2) is 4.98 Å². The number of aryl methyl sites for hydroxylation is 1. The molecular formula is C18H20N4OS. The fraction of sp³-hybridized carbons (Fsp3) is 0.278. The van der Waals surface area contributed by atoms with E-state index >= 15 is 0 Å². The van der Waals surface area contributed by atoms with E-state index in [1.807, 2.05) is 35.8 Å². The van der Waals surface area contributed by atoms with Crippen LogP contribution in [0.5, 0.6) is 0 Å². The zero-order chi connectivity index (χ0) is 16.9. The second-order valence-electron chi connectivity index (χ2n) is 5.81. The minimum Gasteiger partial charge on any atom is -0.341 e. The molecule has 3 heterocycles. The van der Waals surface area contributed by atoms with Crippen molar-refractivity contribution in [3.05, 3.63) is 65.9 Å². The van der Waals surface area contributed by atoms with Crippen molar-refractivity contribution in [3.63, 3.8) is 0 Å². The number of thioether (sulfide) groups is 1. The van der Waals surface area contributed by atoms with Crippen LogP contribution < -0.4 is 0 Å². The van der Waals surface area contributed by atoms with Gasteiger partial charge in [0, 0.05) is 44.1 Å². The van der Waals surface area contributed by atoms with E-state index in [2.05, 4.69) is 29.2 Å². The van der Waals surface area contributed by atoms with Crippen molar-refractivity contribution in [1.29, 1.82) is 0 Å². The van der Waals surface area contributed by atoms with Gasteiger partial charge in [-0.05, 0) is 30.2 Å². The molecule has 24 heavy (non-hydrogen) atoms. The normalized spacial score (nSPS) is 10.9. The summed E-state index contributed by atoms with van der Waals surface area (Å²) in [5.41, 5.74) is 4.17. The van der Waals surface area contributed by atoms with Crippen molar-refractivity contribution in [3.8, 4) is 0 Å². The van der Waals surface area contributed by atoms with E-state index in [0.717, 1.165) is 22.7 Å². The Kier molecular flexibility index (Phi) is 5.15. The van der Waals surface area contributed by atoms with Gasteiger partial charge in [0.15, 0.2) is 0 Å². The van der Waals surface area contributed by atoms with E-state index in [9.17, 15) is 4.79 Å². The number of amides is 1. The third kappa shape index (κ3) is 4.14. The second kappa shape index (κ2) is 7.49. The molecule has 3 aromatic heterocycles. The van der Waals surface area contributed by atoms with Gasteiger partial charge in [-0.15, -0.1) is 11.8 Å². The predicted molar refractivity (Wildman–Crippen MR) is 96.8 cm³/mol. The average Bonchev–Trinajstić information content (AvgIpc) is 2.97. The third-order valence-electron chi connectivity index (χ3n) is 3.69. The van der Waals surface area contributed by atoms with Crippen LogP contribution in [0.2, 0.25) is 0 Å². The highest BCUT2D eigenvalue weighted by atomic mass is 32.2. The molecule has 0 N–H and O–H groups in total. The number of pyridine rings is 2. The smallest absolute Gasteiger partial charge is 0.232 e. The fourth-order valence-corrected chi connectivity index (χ4v) is 3.28. The Labute approximate surface area is 145 Å². The molecule has 6 heteroatoms. The topological polar surface area (TPSA) is 50.5 Å². The minimum absolute atomic E-state index is 0.114. The summed E-state index contributed by atoms with van der Waals surface area (Å²) in [7, 11) is 1.82. The largest absolute Gasteiger partial charge is 0.341 e. The van der Waals surface area contributed by atoms with Crippen molar-refractivity contribution >= 4 is 23.3 Å². The van der Waals surface area contributed by atoms with Gasteiger partial charge in [0.2, 0.25) is 5.91 Å². The van der Waals surface area contributed by atoms with Crippen LogP contribution in [0.3, 0.4) is 0 Å². The summed E-state index contributed by atoms with van der Waals surface area (Å²) in [6, 6.07) is 7.92. The summed E-state index contributed by atoms with van der Waals surface area (Å²) in [5, 5.41) is 0. The molecule has 0 saturated carbocycles. The Morgan fingerprint density at radius 2 is 2.17 bits per heavy atom. The maximum atomic E-state index is 12.2. The lowest BCUT2D eigenvalue weighted by Gasteiger charge is -2.16. The molecule has 3 rings (SSSR count). The second-order valence-corrected chi connectivity index (χ2v) is 6.79. The monoisotopic (exact) mass is 340 g/mol. The van der Waals surface area contributed by atoms with Crippen molar-refractivity contribution in [1.82, 2.24) is 19.3 Å². The van der Waals surface area contributed by atoms with Crippen LogP contribution in [-0.4, -0.2) is 38.0 Å². The molecule has 0 radical (unpaired) electrons. The van der Waals surface area contributed by atoms with Crippen LogP contribution in [0.1, 0.15) is 16.8 Å². The molecular weight excluding hydrogens is 320 g/mol. The van der Waals surface area contributed by atoms with E-state index in [0.29, 0.717) is 12.3 Å². The highest BCUT2D eigenvalue weighted by Gasteiger charge is 2.10. The standard InChI is InChI=1S/C18H20N4OS/c1-14-5-6-17-20-16(11-22(17)9-14)12-24-13-18(23)21(2)10-15-4-3-7-19-8-15/h3-9,11H,10,12-13H2,1-2H3. The van der Waals surface area contributed by atoms with Gasteiger partial charge in [-0.1, -0.05) is 12.1 Å². The minimum atomic E-state index is 0.114. The first-order chi connectivity index (χ1) is 11.6. The summed E-state index contributed by atoms with van der Waals surface area (Å²) in [6.45, 7) is 2.64. The molecule has 5 nitrogen and oxygen atoms in total. The van der Waals surface area contributed by atoms with Crippen molar-refractivity contribution in [2.45, 2.75) is 19.2 Å². The first kappa shape index (κ1) is 16.5. The zero-order valence-electron chi connectivity index (χ0n) is 13.8. The molecule has 0 aliphatic rings. The third-order valence-corrected chi connectivity index (χ3v) is 4.64. The van der Waals surface area contributed by atoms with Gasteiger partial charge in [0.25, 0.3) is 0 Å². The molecule has 1 amide bonds. The van der Waals surface area contributed by atoms with Gasteiger partial charge >= 0.3 is 0 Å². The van der Waals surface area contributed by atoms with Crippen molar-refractivity contribution in [2.75, 3.05) is 12.8 Å². The van der Waals surface area contributed by atoms with E-state index in [-0.39, 0.29) is 5.91 Å². The molecule has 124 valence electrons. The van der Waals surface area contributed by atoms with Crippen LogP contribution in [-0.2, 0) is 17.1 Å². The molecule has 0 spiro atoms. The molecule has 0 fully saturated rings. The lowest BCUT2D eigenvalue weighted by molar-refractivity contribution is -0.127. The Balaban J connectivity index is 1.50. The summed E-state index contributed by atoms with van der Waals surface area (Å²) in [4.78, 5) is 22.6. The fourth-order valence-electron chi connectivity index (χ4n) is 2.43. The number of nitrogens with zero attached hydrogens (tertiary/aromatic N) is 4. The number of aromatic nitrogens is 3. The lowest BCUT2D eigenvalue weighted by Crippen LogP contribution is -2.27. The molecule has 0 saturated heterocycles. The summed E-state index contributed by atoms with van der Waals surface area (Å²) in [5.74, 6) is 1.29. The maximum Gasteiger partial charge on any atom is 0.232 e. The molecule has 3 aromatic rings. The Hall–Kier alpha value is -2.34. The number of rotatable bonds is 6. The molecule has 0 atom stereocenters. The van der Waals surface area contributed by atoms with Crippen LogP contribution in [0.4, 0.5) is 0 Å². The van der Waals surface area contributed by atoms with Gasteiger partial charge in [0.05, 0.1) is 11.4 Å². The molecule has 0 aliphatic carbocycles. The predicted octanol–water partition coefficient (Wildman–Crippen LogP) is 2.93. The number of hydrogen-bond acceptors (Lipinski definition) is 4. The van der Waals surface area contributed by atoms with Gasteiger partial charge in [-0.2, -0.15) is 0 Å². The van der Waals surface area contributed by atoms with Crippen LogP contribution >= 0.6 is 11.8 Å². The Morgan fingerprint density at radius 1 is 1.29 bits per heavy atom. The van der Waals surface area contributed by atoms with Crippen LogP contribution in [0, 0.1) is 6.92 Å². The first-order valence-electron chi connectivity index (χ1n) is 7.76. The summed E-state index contributed by atoms with van der Waals surface area (Å²) >= 11 is 1.59. The van der Waals surface area contributed by atoms with E-state index < -0.39 is 0 Å². The lowest BCUT2D eigenvalue weighted by atomic mass is 10.3. The quantitative estimate of drug-likeness (QED) is 0.692. The molecule has 0 aromatic carbocycles. The molecule has 0 unspecified atom stereocenters. The number of carbonyl (C=O) groups excluding carboxylic acids is 1. The number of fused-ring (bicyclic) bond motifs is 1.